The van der Waals surface area contributed by atoms with Crippen LogP contribution in [-0.2, 0) is 6.54 Å². The minimum atomic E-state index is -0.252. The molecule has 25 heavy (non-hydrogen) atoms. The number of carbonyl (C=O) groups is 1. The zero-order valence-electron chi connectivity index (χ0n) is 13.5. The van der Waals surface area contributed by atoms with Crippen LogP contribution in [-0.4, -0.2) is 15.6 Å². The van der Waals surface area contributed by atoms with Crippen molar-refractivity contribution in [2.75, 3.05) is 0 Å². The number of rotatable bonds is 4. The molecule has 3 aromatic rings. The highest BCUT2D eigenvalue weighted by atomic mass is 32.1. The van der Waals surface area contributed by atoms with Crippen molar-refractivity contribution in [2.45, 2.75) is 6.54 Å². The Hall–Kier alpha value is -3.12. The molecular formula is C19H18N4OS. The third-order valence-electron chi connectivity index (χ3n) is 3.60. The van der Waals surface area contributed by atoms with E-state index >= 15 is 0 Å². The number of hydrogen-bond donors (Lipinski definition) is 3. The lowest BCUT2D eigenvalue weighted by atomic mass is 10.2. The van der Waals surface area contributed by atoms with Crippen molar-refractivity contribution >= 4 is 23.2 Å². The Morgan fingerprint density at radius 2 is 1.68 bits per heavy atom. The van der Waals surface area contributed by atoms with Crippen molar-refractivity contribution in [2.24, 2.45) is 0 Å². The summed E-state index contributed by atoms with van der Waals surface area (Å²) in [5, 5.41) is 3.40. The summed E-state index contributed by atoms with van der Waals surface area (Å²) >= 11 is 5.17. The highest BCUT2D eigenvalue weighted by Gasteiger charge is 2.07. The fourth-order valence-corrected chi connectivity index (χ4v) is 2.45. The Morgan fingerprint density at radius 1 is 0.920 bits per heavy atom. The van der Waals surface area contributed by atoms with Gasteiger partial charge in [-0.15, -0.1) is 0 Å². The topological polar surface area (TPSA) is 58.1 Å². The van der Waals surface area contributed by atoms with E-state index in [1.54, 1.807) is 6.07 Å². The molecule has 0 saturated heterocycles. The van der Waals surface area contributed by atoms with E-state index in [1.165, 1.54) is 0 Å². The summed E-state index contributed by atoms with van der Waals surface area (Å²) in [6.45, 7) is 0.589. The van der Waals surface area contributed by atoms with Crippen LogP contribution in [0, 0.1) is 0 Å². The predicted molar refractivity (Wildman–Crippen MR) is 102 cm³/mol. The minimum Gasteiger partial charge on any atom is -0.357 e. The zero-order valence-corrected chi connectivity index (χ0v) is 14.3. The summed E-state index contributed by atoms with van der Waals surface area (Å²) in [6.07, 6.45) is 3.86. The van der Waals surface area contributed by atoms with Crippen molar-refractivity contribution in [3.05, 3.63) is 90.3 Å². The van der Waals surface area contributed by atoms with Gasteiger partial charge in [0.2, 0.25) is 0 Å². The van der Waals surface area contributed by atoms with Gasteiger partial charge in [-0.25, -0.2) is 0 Å². The van der Waals surface area contributed by atoms with Gasteiger partial charge in [-0.2, -0.15) is 0 Å². The highest BCUT2D eigenvalue weighted by Crippen LogP contribution is 2.10. The fraction of sp³-hybridized carbons (Fsp3) is 0.0526. The molecule has 5 nitrogen and oxygen atoms in total. The lowest BCUT2D eigenvalue weighted by molar-refractivity contribution is 0.0943. The van der Waals surface area contributed by atoms with Crippen molar-refractivity contribution in [1.29, 1.82) is 0 Å². The number of hydrazine groups is 1. The number of amides is 1. The van der Waals surface area contributed by atoms with Gasteiger partial charge in [0, 0.05) is 30.2 Å². The van der Waals surface area contributed by atoms with E-state index in [0.717, 1.165) is 11.3 Å². The van der Waals surface area contributed by atoms with Gasteiger partial charge in [0.1, 0.15) is 0 Å². The predicted octanol–water partition coefficient (Wildman–Crippen LogP) is 2.79. The van der Waals surface area contributed by atoms with Gasteiger partial charge in [-0.3, -0.25) is 15.6 Å². The molecule has 0 radical (unpaired) electrons. The molecule has 2 aromatic carbocycles. The first kappa shape index (κ1) is 16.7. The van der Waals surface area contributed by atoms with Crippen LogP contribution in [0.5, 0.6) is 0 Å². The van der Waals surface area contributed by atoms with Gasteiger partial charge in [-0.05, 0) is 48.1 Å². The molecule has 0 aliphatic rings. The standard InChI is InChI=1S/C19H18N4OS/c24-18(16-9-6-10-17(13-16)23-11-4-5-12-23)21-22-19(25)20-14-15-7-2-1-3-8-15/h1-13H,14H2,(H,21,24)(H2,20,22,25). The average Bonchev–Trinajstić information content (AvgIpc) is 3.20. The highest BCUT2D eigenvalue weighted by molar-refractivity contribution is 7.80. The third-order valence-corrected chi connectivity index (χ3v) is 3.84. The van der Waals surface area contributed by atoms with Gasteiger partial charge >= 0.3 is 0 Å². The molecule has 0 spiro atoms. The summed E-state index contributed by atoms with van der Waals surface area (Å²) in [4.78, 5) is 12.3. The second-order valence-corrected chi connectivity index (χ2v) is 5.80. The summed E-state index contributed by atoms with van der Waals surface area (Å²) in [6, 6.07) is 21.1. The Morgan fingerprint density at radius 3 is 2.44 bits per heavy atom. The van der Waals surface area contributed by atoms with E-state index in [1.807, 2.05) is 77.6 Å². The molecule has 1 amide bonds. The molecule has 0 atom stereocenters. The number of aromatic nitrogens is 1. The molecule has 0 unspecified atom stereocenters. The normalized spacial score (nSPS) is 10.1. The molecule has 0 saturated carbocycles. The van der Waals surface area contributed by atoms with Crippen molar-refractivity contribution in [3.8, 4) is 5.69 Å². The Kier molecular flexibility index (Phi) is 5.43. The first-order valence-electron chi connectivity index (χ1n) is 7.84. The Bertz CT molecular complexity index is 847. The maximum atomic E-state index is 12.3. The van der Waals surface area contributed by atoms with Crippen molar-refractivity contribution in [3.63, 3.8) is 0 Å². The molecule has 1 heterocycles. The van der Waals surface area contributed by atoms with E-state index in [-0.39, 0.29) is 5.91 Å². The average molecular weight is 350 g/mol. The molecule has 1 aromatic heterocycles. The second-order valence-electron chi connectivity index (χ2n) is 5.39. The van der Waals surface area contributed by atoms with Crippen molar-refractivity contribution in [1.82, 2.24) is 20.7 Å². The molecule has 0 aliphatic heterocycles. The molecular weight excluding hydrogens is 332 g/mol. The first-order chi connectivity index (χ1) is 12.2. The monoisotopic (exact) mass is 350 g/mol. The van der Waals surface area contributed by atoms with Crippen LogP contribution in [0.2, 0.25) is 0 Å². The number of hydrogen-bond acceptors (Lipinski definition) is 2. The molecule has 0 aliphatic carbocycles. The van der Waals surface area contributed by atoms with Crippen LogP contribution in [0.3, 0.4) is 0 Å². The van der Waals surface area contributed by atoms with E-state index < -0.39 is 0 Å². The Balaban J connectivity index is 1.52. The van der Waals surface area contributed by atoms with Gasteiger partial charge < -0.3 is 9.88 Å². The lowest BCUT2D eigenvalue weighted by Crippen LogP contribution is -2.46. The summed E-state index contributed by atoms with van der Waals surface area (Å²) in [7, 11) is 0. The molecule has 3 rings (SSSR count). The number of nitrogens with zero attached hydrogens (tertiary/aromatic N) is 1. The van der Waals surface area contributed by atoms with E-state index in [2.05, 4.69) is 16.2 Å². The van der Waals surface area contributed by atoms with Crippen LogP contribution in [0.1, 0.15) is 15.9 Å². The van der Waals surface area contributed by atoms with E-state index in [9.17, 15) is 4.79 Å². The smallest absolute Gasteiger partial charge is 0.269 e. The maximum Gasteiger partial charge on any atom is 0.269 e. The second kappa shape index (κ2) is 8.12. The number of benzene rings is 2. The molecule has 0 fully saturated rings. The Labute approximate surface area is 151 Å². The molecule has 126 valence electrons. The fourth-order valence-electron chi connectivity index (χ4n) is 2.32. The minimum absolute atomic E-state index is 0.252. The van der Waals surface area contributed by atoms with Crippen LogP contribution in [0.4, 0.5) is 0 Å². The number of carbonyl (C=O) groups excluding carboxylic acids is 1. The number of thiocarbonyl (C=S) groups is 1. The molecule has 3 N–H and O–H groups in total. The van der Waals surface area contributed by atoms with Crippen molar-refractivity contribution < 1.29 is 4.79 Å². The largest absolute Gasteiger partial charge is 0.357 e. The van der Waals surface area contributed by atoms with Crippen LogP contribution >= 0.6 is 12.2 Å². The van der Waals surface area contributed by atoms with Crippen LogP contribution in [0.15, 0.2) is 79.1 Å². The van der Waals surface area contributed by atoms with Gasteiger partial charge in [0.05, 0.1) is 0 Å². The van der Waals surface area contributed by atoms with Crippen LogP contribution < -0.4 is 16.2 Å². The van der Waals surface area contributed by atoms with E-state index in [0.29, 0.717) is 17.2 Å². The van der Waals surface area contributed by atoms with E-state index in [4.69, 9.17) is 12.2 Å². The van der Waals surface area contributed by atoms with Crippen LogP contribution in [0.25, 0.3) is 5.69 Å². The first-order valence-corrected chi connectivity index (χ1v) is 8.25. The maximum absolute atomic E-state index is 12.3. The third kappa shape index (κ3) is 4.68. The lowest BCUT2D eigenvalue weighted by Gasteiger charge is -2.12. The summed E-state index contributed by atoms with van der Waals surface area (Å²) in [5.41, 5.74) is 7.90. The molecule has 0 bridgehead atoms. The van der Waals surface area contributed by atoms with Gasteiger partial charge in [0.15, 0.2) is 5.11 Å². The number of nitrogens with one attached hydrogen (secondary N) is 3. The molecule has 6 heteroatoms. The zero-order chi connectivity index (χ0) is 17.5. The SMILES string of the molecule is O=C(NNC(=S)NCc1ccccc1)c1cccc(-n2cccc2)c1. The van der Waals surface area contributed by atoms with Gasteiger partial charge in [0.25, 0.3) is 5.91 Å². The van der Waals surface area contributed by atoms with Gasteiger partial charge in [-0.1, -0.05) is 36.4 Å². The summed E-state index contributed by atoms with van der Waals surface area (Å²) in [5.74, 6) is -0.252. The summed E-state index contributed by atoms with van der Waals surface area (Å²) < 4.78 is 1.94. The quantitative estimate of drug-likeness (QED) is 0.500.